The lowest BCUT2D eigenvalue weighted by molar-refractivity contribution is -0.124. The number of halogens is 2. The van der Waals surface area contributed by atoms with Gasteiger partial charge < -0.3 is 11.1 Å². The molecule has 144 valence electrons. The number of hydrogen-bond donors (Lipinski definition) is 2. The van der Waals surface area contributed by atoms with Crippen molar-refractivity contribution in [2.45, 2.75) is 25.9 Å². The van der Waals surface area contributed by atoms with Crippen LogP contribution >= 0.6 is 36.2 Å². The van der Waals surface area contributed by atoms with E-state index in [4.69, 9.17) is 5.73 Å². The summed E-state index contributed by atoms with van der Waals surface area (Å²) in [6.45, 7) is 4.83. The fourth-order valence-corrected chi connectivity index (χ4v) is 4.04. The molecular weight excluding hydrogens is 389 g/mol. The lowest BCUT2D eigenvalue weighted by atomic mass is 10.0. The van der Waals surface area contributed by atoms with E-state index in [1.807, 2.05) is 24.3 Å². The van der Waals surface area contributed by atoms with Crippen molar-refractivity contribution >= 4 is 42.1 Å². The molecule has 1 amide bonds. The van der Waals surface area contributed by atoms with Gasteiger partial charge in [-0.2, -0.15) is 0 Å². The van der Waals surface area contributed by atoms with E-state index in [-0.39, 0.29) is 42.7 Å². The van der Waals surface area contributed by atoms with Crippen molar-refractivity contribution in [1.82, 2.24) is 10.2 Å². The van der Waals surface area contributed by atoms with Gasteiger partial charge in [-0.1, -0.05) is 37.3 Å². The molecule has 0 bridgehead atoms. The van der Waals surface area contributed by atoms with Crippen molar-refractivity contribution in [3.63, 3.8) is 0 Å². The minimum Gasteiger partial charge on any atom is -0.354 e. The van der Waals surface area contributed by atoms with Crippen LogP contribution < -0.4 is 11.1 Å². The van der Waals surface area contributed by atoms with Gasteiger partial charge in [0, 0.05) is 37.0 Å². The van der Waals surface area contributed by atoms with Gasteiger partial charge in [0.25, 0.3) is 0 Å². The lowest BCUT2D eigenvalue weighted by Crippen LogP contribution is -2.42. The zero-order chi connectivity index (χ0) is 16.9. The minimum absolute atomic E-state index is 0. The van der Waals surface area contributed by atoms with E-state index in [9.17, 15) is 4.79 Å². The van der Waals surface area contributed by atoms with E-state index in [2.05, 4.69) is 45.9 Å². The summed E-state index contributed by atoms with van der Waals surface area (Å²) in [5, 5.41) is 5.27. The molecule has 1 aromatic heterocycles. The van der Waals surface area contributed by atoms with Crippen LogP contribution in [0.25, 0.3) is 0 Å². The Balaban J connectivity index is 0.00000169. The maximum Gasteiger partial charge on any atom is 0.224 e. The van der Waals surface area contributed by atoms with E-state index in [0.717, 1.165) is 19.5 Å². The van der Waals surface area contributed by atoms with Gasteiger partial charge in [-0.15, -0.1) is 36.2 Å². The molecule has 0 fully saturated rings. The monoisotopic (exact) mass is 415 g/mol. The van der Waals surface area contributed by atoms with E-state index in [1.54, 1.807) is 0 Å². The van der Waals surface area contributed by atoms with Crippen LogP contribution in [-0.2, 0) is 17.8 Å². The second-order valence-corrected chi connectivity index (χ2v) is 7.40. The van der Waals surface area contributed by atoms with Crippen molar-refractivity contribution in [3.05, 3.63) is 57.8 Å². The number of nitrogens with two attached hydrogens (primary N) is 1. The highest BCUT2D eigenvalue weighted by Crippen LogP contribution is 2.30. The molecule has 7 heteroatoms. The van der Waals surface area contributed by atoms with Crippen LogP contribution in [0.15, 0.2) is 41.8 Å². The summed E-state index contributed by atoms with van der Waals surface area (Å²) < 4.78 is 0. The first-order valence-electron chi connectivity index (χ1n) is 8.51. The number of nitrogens with one attached hydrogen (secondary N) is 1. The zero-order valence-corrected chi connectivity index (χ0v) is 17.3. The Hall–Kier alpha value is -1.11. The highest BCUT2D eigenvalue weighted by Gasteiger charge is 2.26. The number of nitrogens with zero attached hydrogens (tertiary/aromatic N) is 1. The van der Waals surface area contributed by atoms with Gasteiger partial charge in [-0.25, -0.2) is 0 Å². The Morgan fingerprint density at radius 3 is 2.69 bits per heavy atom. The Labute approximate surface area is 172 Å². The number of amides is 1. The highest BCUT2D eigenvalue weighted by atomic mass is 35.5. The fraction of sp³-hybridized carbons (Fsp3) is 0.421. The van der Waals surface area contributed by atoms with E-state index in [1.165, 1.54) is 16.0 Å². The van der Waals surface area contributed by atoms with Crippen LogP contribution in [0.4, 0.5) is 0 Å². The number of carbonyl (C=O) groups is 1. The number of hydrogen-bond acceptors (Lipinski definition) is 4. The molecule has 3 rings (SSSR count). The standard InChI is InChI=1S/C19H25N3OS.2ClH/c1-14(11-20)19(23)21-12-17(15-5-3-2-4-6-15)22-9-7-18-16(13-22)8-10-24-18;;/h2-6,8,10,14,17H,7,9,11-13,20H2,1H3,(H,21,23);2*1H. The molecule has 1 aromatic carbocycles. The maximum atomic E-state index is 12.1. The van der Waals surface area contributed by atoms with E-state index >= 15 is 0 Å². The molecule has 3 N–H and O–H groups in total. The summed E-state index contributed by atoms with van der Waals surface area (Å²) in [7, 11) is 0. The maximum absolute atomic E-state index is 12.1. The molecule has 2 atom stereocenters. The van der Waals surface area contributed by atoms with Gasteiger partial charge in [0.05, 0.1) is 6.04 Å². The van der Waals surface area contributed by atoms with E-state index < -0.39 is 0 Å². The van der Waals surface area contributed by atoms with E-state index in [0.29, 0.717) is 13.1 Å². The summed E-state index contributed by atoms with van der Waals surface area (Å²) in [6, 6.07) is 12.9. The van der Waals surface area contributed by atoms with Crippen LogP contribution in [0.5, 0.6) is 0 Å². The molecular formula is C19H27Cl2N3OS. The number of carbonyl (C=O) groups excluding carboxylic acids is 1. The first-order chi connectivity index (χ1) is 11.7. The van der Waals surface area contributed by atoms with Crippen LogP contribution in [0, 0.1) is 5.92 Å². The quantitative estimate of drug-likeness (QED) is 0.759. The van der Waals surface area contributed by atoms with Gasteiger partial charge in [-0.05, 0) is 29.0 Å². The topological polar surface area (TPSA) is 58.4 Å². The largest absolute Gasteiger partial charge is 0.354 e. The molecule has 0 aliphatic carbocycles. The molecule has 2 heterocycles. The third-order valence-electron chi connectivity index (χ3n) is 4.73. The number of thiophene rings is 1. The summed E-state index contributed by atoms with van der Waals surface area (Å²) in [5.74, 6) is -0.113. The van der Waals surface area contributed by atoms with Gasteiger partial charge >= 0.3 is 0 Å². The molecule has 0 saturated carbocycles. The molecule has 0 saturated heterocycles. The number of rotatable bonds is 6. The molecule has 2 aromatic rings. The molecule has 2 unspecified atom stereocenters. The van der Waals surface area contributed by atoms with Gasteiger partial charge in [0.1, 0.15) is 0 Å². The summed E-state index contributed by atoms with van der Waals surface area (Å²) in [6.07, 6.45) is 1.09. The number of benzene rings is 1. The smallest absolute Gasteiger partial charge is 0.224 e. The molecule has 1 aliphatic rings. The summed E-state index contributed by atoms with van der Waals surface area (Å²) in [4.78, 5) is 16.1. The normalized spacial score (nSPS) is 15.8. The van der Waals surface area contributed by atoms with Crippen molar-refractivity contribution in [3.8, 4) is 0 Å². The van der Waals surface area contributed by atoms with Crippen molar-refractivity contribution < 1.29 is 4.79 Å². The Morgan fingerprint density at radius 2 is 2.00 bits per heavy atom. The van der Waals surface area contributed by atoms with Crippen LogP contribution in [0.2, 0.25) is 0 Å². The lowest BCUT2D eigenvalue weighted by Gasteiger charge is -2.35. The Morgan fingerprint density at radius 1 is 1.27 bits per heavy atom. The summed E-state index contributed by atoms with van der Waals surface area (Å²) in [5.41, 5.74) is 8.28. The van der Waals surface area contributed by atoms with Crippen molar-refractivity contribution in [2.24, 2.45) is 11.7 Å². The second kappa shape index (κ2) is 10.9. The Bertz CT molecular complexity index is 680. The van der Waals surface area contributed by atoms with Gasteiger partial charge in [0.15, 0.2) is 0 Å². The summed E-state index contributed by atoms with van der Waals surface area (Å²) >= 11 is 1.85. The molecule has 26 heavy (non-hydrogen) atoms. The first-order valence-corrected chi connectivity index (χ1v) is 9.39. The second-order valence-electron chi connectivity index (χ2n) is 6.40. The SMILES string of the molecule is CC(CN)C(=O)NCC(c1ccccc1)N1CCc2sccc2C1.Cl.Cl. The zero-order valence-electron chi connectivity index (χ0n) is 14.9. The van der Waals surface area contributed by atoms with Crippen LogP contribution in [-0.4, -0.2) is 30.4 Å². The van der Waals surface area contributed by atoms with Gasteiger partial charge in [-0.3, -0.25) is 9.69 Å². The fourth-order valence-electron chi connectivity index (χ4n) is 3.15. The Kier molecular flexibility index (Phi) is 9.61. The van der Waals surface area contributed by atoms with Crippen LogP contribution in [0.3, 0.4) is 0 Å². The minimum atomic E-state index is -0.147. The molecule has 0 spiro atoms. The van der Waals surface area contributed by atoms with Crippen molar-refractivity contribution in [2.75, 3.05) is 19.6 Å². The third kappa shape index (κ3) is 5.44. The molecule has 4 nitrogen and oxygen atoms in total. The molecule has 0 radical (unpaired) electrons. The average molecular weight is 416 g/mol. The molecule has 1 aliphatic heterocycles. The average Bonchev–Trinajstić information content (AvgIpc) is 3.09. The predicted molar refractivity (Wildman–Crippen MR) is 113 cm³/mol. The predicted octanol–water partition coefficient (Wildman–Crippen LogP) is 3.40. The van der Waals surface area contributed by atoms with Crippen molar-refractivity contribution in [1.29, 1.82) is 0 Å². The first kappa shape index (κ1) is 22.9. The van der Waals surface area contributed by atoms with Gasteiger partial charge in [0.2, 0.25) is 5.91 Å². The highest BCUT2D eigenvalue weighted by molar-refractivity contribution is 7.10. The van der Waals surface area contributed by atoms with Crippen LogP contribution in [0.1, 0.15) is 29.0 Å². The third-order valence-corrected chi connectivity index (χ3v) is 5.76. The number of fused-ring (bicyclic) bond motifs is 1.